The van der Waals surface area contributed by atoms with Crippen molar-refractivity contribution in [3.63, 3.8) is 0 Å². The van der Waals surface area contributed by atoms with Gasteiger partial charge in [-0.05, 0) is 61.9 Å². The summed E-state index contributed by atoms with van der Waals surface area (Å²) in [7, 11) is 0. The molecule has 0 aliphatic carbocycles. The van der Waals surface area contributed by atoms with Crippen LogP contribution in [0.25, 0.3) is 0 Å². The second kappa shape index (κ2) is 8.91. The Hall–Kier alpha value is -2.82. The molecule has 0 unspecified atom stereocenters. The Balaban J connectivity index is 1.59. The van der Waals surface area contributed by atoms with Crippen LogP contribution in [0.1, 0.15) is 41.3 Å². The summed E-state index contributed by atoms with van der Waals surface area (Å²) in [5.74, 6) is 0.578. The molecular weight excluding hydrogens is 350 g/mol. The van der Waals surface area contributed by atoms with Crippen molar-refractivity contribution in [3.05, 3.63) is 59.2 Å². The fourth-order valence-electron chi connectivity index (χ4n) is 3.59. The minimum absolute atomic E-state index is 0.0386. The average Bonchev–Trinajstić information content (AvgIpc) is 2.68. The number of anilines is 2. The number of aryl methyl sites for hydroxylation is 2. The molecule has 1 aliphatic rings. The number of nitrogens with one attached hydrogen (secondary N) is 2. The van der Waals surface area contributed by atoms with Crippen LogP contribution in [0.2, 0.25) is 0 Å². The lowest BCUT2D eigenvalue weighted by molar-refractivity contribution is -0.114. The molecule has 0 radical (unpaired) electrons. The first kappa shape index (κ1) is 19.9. The van der Waals surface area contributed by atoms with Gasteiger partial charge in [-0.3, -0.25) is 9.59 Å². The second-order valence-corrected chi connectivity index (χ2v) is 7.72. The minimum Gasteiger partial charge on any atom is -0.376 e. The van der Waals surface area contributed by atoms with Gasteiger partial charge >= 0.3 is 0 Å². The first-order chi connectivity index (χ1) is 13.4. The van der Waals surface area contributed by atoms with E-state index in [2.05, 4.69) is 17.6 Å². The number of rotatable bonds is 5. The molecule has 2 aromatic carbocycles. The molecule has 1 aliphatic heterocycles. The van der Waals surface area contributed by atoms with Crippen LogP contribution in [0.3, 0.4) is 0 Å². The van der Waals surface area contributed by atoms with Crippen LogP contribution in [0.15, 0.2) is 42.5 Å². The summed E-state index contributed by atoms with van der Waals surface area (Å²) >= 11 is 0. The van der Waals surface area contributed by atoms with Gasteiger partial charge in [-0.1, -0.05) is 31.2 Å². The molecule has 0 bridgehead atoms. The van der Waals surface area contributed by atoms with E-state index in [4.69, 9.17) is 0 Å². The maximum Gasteiger partial charge on any atom is 0.253 e. The van der Waals surface area contributed by atoms with E-state index in [1.165, 1.54) is 0 Å². The number of hydrogen-bond acceptors (Lipinski definition) is 3. The lowest BCUT2D eigenvalue weighted by Gasteiger charge is -2.30. The van der Waals surface area contributed by atoms with Crippen LogP contribution < -0.4 is 10.6 Å². The highest BCUT2D eigenvalue weighted by Crippen LogP contribution is 2.21. The van der Waals surface area contributed by atoms with E-state index in [1.54, 1.807) is 6.07 Å². The van der Waals surface area contributed by atoms with Crippen LogP contribution in [0, 0.1) is 19.8 Å². The predicted molar refractivity (Wildman–Crippen MR) is 114 cm³/mol. The predicted octanol–water partition coefficient (Wildman–Crippen LogP) is 4.23. The molecule has 1 heterocycles. The fraction of sp³-hybridized carbons (Fsp3) is 0.391. The molecule has 0 aromatic heterocycles. The molecule has 2 N–H and O–H groups in total. The molecular formula is C23H29N3O2. The van der Waals surface area contributed by atoms with E-state index in [0.29, 0.717) is 17.2 Å². The molecule has 0 spiro atoms. The zero-order valence-corrected chi connectivity index (χ0v) is 16.9. The third kappa shape index (κ3) is 4.91. The zero-order chi connectivity index (χ0) is 20.1. The van der Waals surface area contributed by atoms with Crippen molar-refractivity contribution in [2.75, 3.05) is 30.3 Å². The van der Waals surface area contributed by atoms with Gasteiger partial charge in [0, 0.05) is 30.0 Å². The van der Waals surface area contributed by atoms with Gasteiger partial charge in [-0.25, -0.2) is 0 Å². The van der Waals surface area contributed by atoms with Gasteiger partial charge in [0.15, 0.2) is 0 Å². The number of likely N-dealkylation sites (tertiary alicyclic amines) is 1. The van der Waals surface area contributed by atoms with Crippen molar-refractivity contribution < 1.29 is 9.59 Å². The Labute approximate surface area is 167 Å². The summed E-state index contributed by atoms with van der Waals surface area (Å²) in [6.07, 6.45) is 2.10. The standard InChI is InChI=1S/C23H29N3O2/c1-16-10-12-26(13-11-16)23(28)19-8-5-9-20(14-19)25-21(27)15-24-22-17(2)6-4-7-18(22)3/h4-9,14,16,24H,10-13,15H2,1-3H3,(H,25,27). The van der Waals surface area contributed by atoms with Crippen molar-refractivity contribution in [1.82, 2.24) is 4.90 Å². The van der Waals surface area contributed by atoms with E-state index in [0.717, 1.165) is 42.7 Å². The van der Waals surface area contributed by atoms with Gasteiger partial charge in [-0.15, -0.1) is 0 Å². The first-order valence-corrected chi connectivity index (χ1v) is 9.93. The number of amides is 2. The Kier molecular flexibility index (Phi) is 6.34. The Morgan fingerprint density at radius 1 is 1.04 bits per heavy atom. The van der Waals surface area contributed by atoms with Crippen molar-refractivity contribution in [2.24, 2.45) is 5.92 Å². The number of hydrogen-bond donors (Lipinski definition) is 2. The fourth-order valence-corrected chi connectivity index (χ4v) is 3.59. The van der Waals surface area contributed by atoms with Gasteiger partial charge in [0.05, 0.1) is 6.54 Å². The molecule has 5 heteroatoms. The van der Waals surface area contributed by atoms with E-state index in [9.17, 15) is 9.59 Å². The summed E-state index contributed by atoms with van der Waals surface area (Å²) in [5, 5.41) is 6.09. The second-order valence-electron chi connectivity index (χ2n) is 7.72. The number of para-hydroxylation sites is 1. The van der Waals surface area contributed by atoms with Crippen molar-refractivity contribution in [3.8, 4) is 0 Å². The lowest BCUT2D eigenvalue weighted by Crippen LogP contribution is -2.37. The quantitative estimate of drug-likeness (QED) is 0.817. The highest BCUT2D eigenvalue weighted by molar-refractivity contribution is 5.98. The monoisotopic (exact) mass is 379 g/mol. The van der Waals surface area contributed by atoms with Crippen molar-refractivity contribution >= 4 is 23.2 Å². The molecule has 2 amide bonds. The van der Waals surface area contributed by atoms with Gasteiger partial charge in [0.1, 0.15) is 0 Å². The van der Waals surface area contributed by atoms with Crippen molar-refractivity contribution in [1.29, 1.82) is 0 Å². The largest absolute Gasteiger partial charge is 0.376 e. The van der Waals surface area contributed by atoms with Crippen LogP contribution in [0.4, 0.5) is 11.4 Å². The number of carbonyl (C=O) groups is 2. The topological polar surface area (TPSA) is 61.4 Å². The van der Waals surface area contributed by atoms with Gasteiger partial charge in [0.2, 0.25) is 5.91 Å². The van der Waals surface area contributed by atoms with Crippen molar-refractivity contribution in [2.45, 2.75) is 33.6 Å². The molecule has 1 fully saturated rings. The molecule has 148 valence electrons. The Bertz CT molecular complexity index is 834. The van der Waals surface area contributed by atoms with E-state index in [-0.39, 0.29) is 18.4 Å². The summed E-state index contributed by atoms with van der Waals surface area (Å²) in [6.45, 7) is 8.04. The number of benzene rings is 2. The number of carbonyl (C=O) groups excluding carboxylic acids is 2. The smallest absolute Gasteiger partial charge is 0.253 e. The minimum atomic E-state index is -0.140. The summed E-state index contributed by atoms with van der Waals surface area (Å²) in [6, 6.07) is 13.2. The van der Waals surface area contributed by atoms with Crippen LogP contribution in [-0.4, -0.2) is 36.3 Å². The average molecular weight is 380 g/mol. The third-order valence-electron chi connectivity index (χ3n) is 5.37. The van der Waals surface area contributed by atoms with Gasteiger partial charge < -0.3 is 15.5 Å². The summed E-state index contributed by atoms with van der Waals surface area (Å²) < 4.78 is 0. The van der Waals surface area contributed by atoms with Crippen LogP contribution in [0.5, 0.6) is 0 Å². The molecule has 1 saturated heterocycles. The molecule has 3 rings (SSSR count). The highest BCUT2D eigenvalue weighted by Gasteiger charge is 2.21. The first-order valence-electron chi connectivity index (χ1n) is 9.93. The zero-order valence-electron chi connectivity index (χ0n) is 16.9. The molecule has 5 nitrogen and oxygen atoms in total. The maximum absolute atomic E-state index is 12.7. The summed E-state index contributed by atoms with van der Waals surface area (Å²) in [4.78, 5) is 27.0. The van der Waals surface area contributed by atoms with E-state index < -0.39 is 0 Å². The molecule has 2 aromatic rings. The number of nitrogens with zero attached hydrogens (tertiary/aromatic N) is 1. The van der Waals surface area contributed by atoms with E-state index >= 15 is 0 Å². The Morgan fingerprint density at radius 3 is 2.36 bits per heavy atom. The summed E-state index contributed by atoms with van der Waals surface area (Å²) in [5.41, 5.74) is 4.47. The highest BCUT2D eigenvalue weighted by atomic mass is 16.2. The maximum atomic E-state index is 12.7. The van der Waals surface area contributed by atoms with E-state index in [1.807, 2.05) is 55.1 Å². The third-order valence-corrected chi connectivity index (χ3v) is 5.37. The molecule has 0 atom stereocenters. The van der Waals surface area contributed by atoms with Crippen LogP contribution >= 0.6 is 0 Å². The molecule has 0 saturated carbocycles. The number of piperidine rings is 1. The Morgan fingerprint density at radius 2 is 1.68 bits per heavy atom. The molecule has 28 heavy (non-hydrogen) atoms. The van der Waals surface area contributed by atoms with Gasteiger partial charge in [-0.2, -0.15) is 0 Å². The normalized spacial score (nSPS) is 14.6. The van der Waals surface area contributed by atoms with Crippen LogP contribution in [-0.2, 0) is 4.79 Å². The SMILES string of the molecule is Cc1cccc(C)c1NCC(=O)Nc1cccc(C(=O)N2CCC(C)CC2)c1. The lowest BCUT2D eigenvalue weighted by atomic mass is 9.98. The van der Waals surface area contributed by atoms with Gasteiger partial charge in [0.25, 0.3) is 5.91 Å².